The van der Waals surface area contributed by atoms with E-state index < -0.39 is 0 Å². The molecule has 0 heterocycles. The third-order valence-corrected chi connectivity index (χ3v) is 2.37. The quantitative estimate of drug-likeness (QED) is 0.804. The summed E-state index contributed by atoms with van der Waals surface area (Å²) in [5.74, 6) is 0. The average molecular weight is 215 g/mol. The Morgan fingerprint density at radius 3 is 2.64 bits per heavy atom. The van der Waals surface area contributed by atoms with Crippen LogP contribution in [-0.4, -0.2) is 5.11 Å². The van der Waals surface area contributed by atoms with Crippen molar-refractivity contribution >= 4 is 15.9 Å². The second-order valence-corrected chi connectivity index (χ2v) is 3.30. The van der Waals surface area contributed by atoms with Gasteiger partial charge in [0, 0.05) is 4.47 Å². The molecule has 0 aromatic heterocycles. The Morgan fingerprint density at radius 2 is 2.09 bits per heavy atom. The van der Waals surface area contributed by atoms with Crippen molar-refractivity contribution in [1.82, 2.24) is 0 Å². The highest BCUT2D eigenvalue weighted by molar-refractivity contribution is 9.10. The molecule has 0 fully saturated rings. The van der Waals surface area contributed by atoms with Crippen LogP contribution in [0.15, 0.2) is 28.7 Å². The molecule has 0 aliphatic rings. The largest absolute Gasteiger partial charge is 0.388 e. The number of benzene rings is 1. The molecule has 60 valence electrons. The second-order valence-electron chi connectivity index (χ2n) is 2.45. The number of aliphatic hydroxyl groups excluding tert-OH is 1. The van der Waals surface area contributed by atoms with E-state index in [0.29, 0.717) is 0 Å². The lowest BCUT2D eigenvalue weighted by Gasteiger charge is -2.09. The summed E-state index contributed by atoms with van der Waals surface area (Å²) in [7, 11) is 0. The smallest absolute Gasteiger partial charge is 0.0798 e. The van der Waals surface area contributed by atoms with Gasteiger partial charge in [-0.25, -0.2) is 0 Å². The van der Waals surface area contributed by atoms with Gasteiger partial charge in [0.1, 0.15) is 0 Å². The van der Waals surface area contributed by atoms with Crippen LogP contribution >= 0.6 is 15.9 Å². The fourth-order valence-corrected chi connectivity index (χ4v) is 1.51. The van der Waals surface area contributed by atoms with Gasteiger partial charge in [-0.2, -0.15) is 0 Å². The molecule has 1 atom stereocenters. The Hall–Kier alpha value is -0.340. The van der Waals surface area contributed by atoms with Crippen molar-refractivity contribution in [2.45, 2.75) is 19.4 Å². The summed E-state index contributed by atoms with van der Waals surface area (Å²) in [6, 6.07) is 7.74. The molecule has 0 saturated carbocycles. The van der Waals surface area contributed by atoms with Crippen molar-refractivity contribution in [1.29, 1.82) is 0 Å². The van der Waals surface area contributed by atoms with Gasteiger partial charge in [0.15, 0.2) is 0 Å². The molecular formula is C9H11BrO. The molecule has 1 rings (SSSR count). The normalized spacial score (nSPS) is 13.0. The zero-order valence-electron chi connectivity index (χ0n) is 6.42. The molecule has 0 radical (unpaired) electrons. The van der Waals surface area contributed by atoms with Crippen molar-refractivity contribution in [2.75, 3.05) is 0 Å². The third-order valence-electron chi connectivity index (χ3n) is 1.65. The molecule has 0 aliphatic carbocycles. The minimum Gasteiger partial charge on any atom is -0.388 e. The molecule has 0 bridgehead atoms. The maximum absolute atomic E-state index is 9.48. The van der Waals surface area contributed by atoms with Crippen LogP contribution in [0.4, 0.5) is 0 Å². The lowest BCUT2D eigenvalue weighted by molar-refractivity contribution is 0.173. The SMILES string of the molecule is CC[C@@H](O)c1ccccc1Br. The number of hydrogen-bond acceptors (Lipinski definition) is 1. The van der Waals surface area contributed by atoms with Gasteiger partial charge in [-0.15, -0.1) is 0 Å². The summed E-state index contributed by atoms with van der Waals surface area (Å²) >= 11 is 3.38. The van der Waals surface area contributed by atoms with E-state index in [1.807, 2.05) is 31.2 Å². The van der Waals surface area contributed by atoms with E-state index in [2.05, 4.69) is 15.9 Å². The first kappa shape index (κ1) is 8.75. The number of aliphatic hydroxyl groups is 1. The van der Waals surface area contributed by atoms with Gasteiger partial charge in [-0.1, -0.05) is 41.1 Å². The third kappa shape index (κ3) is 2.04. The van der Waals surface area contributed by atoms with Crippen molar-refractivity contribution in [3.8, 4) is 0 Å². The molecule has 2 heteroatoms. The van der Waals surface area contributed by atoms with Crippen LogP contribution < -0.4 is 0 Å². The highest BCUT2D eigenvalue weighted by atomic mass is 79.9. The Balaban J connectivity index is 2.93. The van der Waals surface area contributed by atoms with E-state index in [1.165, 1.54) is 0 Å². The Morgan fingerprint density at radius 1 is 1.45 bits per heavy atom. The van der Waals surface area contributed by atoms with Crippen molar-refractivity contribution in [2.24, 2.45) is 0 Å². The summed E-state index contributed by atoms with van der Waals surface area (Å²) in [5, 5.41) is 9.48. The summed E-state index contributed by atoms with van der Waals surface area (Å²) in [6.07, 6.45) is 0.411. The molecule has 1 aromatic carbocycles. The van der Waals surface area contributed by atoms with Gasteiger partial charge in [-0.3, -0.25) is 0 Å². The lowest BCUT2D eigenvalue weighted by Crippen LogP contribution is -1.95. The minimum atomic E-state index is -0.342. The standard InChI is InChI=1S/C9H11BrO/c1-2-9(11)7-5-3-4-6-8(7)10/h3-6,9,11H,2H2,1H3/t9-/m1/s1. The maximum atomic E-state index is 9.48. The van der Waals surface area contributed by atoms with Gasteiger partial charge in [0.05, 0.1) is 6.10 Å². The first-order chi connectivity index (χ1) is 5.25. The monoisotopic (exact) mass is 214 g/mol. The highest BCUT2D eigenvalue weighted by Gasteiger charge is 2.06. The van der Waals surface area contributed by atoms with Crippen LogP contribution in [0, 0.1) is 0 Å². The van der Waals surface area contributed by atoms with Gasteiger partial charge < -0.3 is 5.11 Å². The molecule has 0 unspecified atom stereocenters. The van der Waals surface area contributed by atoms with Gasteiger partial charge in [-0.05, 0) is 18.1 Å². The molecular weight excluding hydrogens is 204 g/mol. The Bertz CT molecular complexity index is 235. The molecule has 0 amide bonds. The average Bonchev–Trinajstić information content (AvgIpc) is 2.04. The van der Waals surface area contributed by atoms with Crippen LogP contribution in [0.1, 0.15) is 25.0 Å². The molecule has 0 saturated heterocycles. The van der Waals surface area contributed by atoms with E-state index in [4.69, 9.17) is 0 Å². The van der Waals surface area contributed by atoms with E-state index in [0.717, 1.165) is 16.5 Å². The predicted octanol–water partition coefficient (Wildman–Crippen LogP) is 2.89. The van der Waals surface area contributed by atoms with Gasteiger partial charge >= 0.3 is 0 Å². The van der Waals surface area contributed by atoms with Gasteiger partial charge in [0.2, 0.25) is 0 Å². The van der Waals surface area contributed by atoms with Crippen LogP contribution in [0.2, 0.25) is 0 Å². The Kier molecular flexibility index (Phi) is 3.09. The second kappa shape index (κ2) is 3.88. The van der Waals surface area contributed by atoms with Crippen LogP contribution in [0.5, 0.6) is 0 Å². The topological polar surface area (TPSA) is 20.2 Å². The van der Waals surface area contributed by atoms with E-state index >= 15 is 0 Å². The number of hydrogen-bond donors (Lipinski definition) is 1. The van der Waals surface area contributed by atoms with Crippen molar-refractivity contribution < 1.29 is 5.11 Å². The highest BCUT2D eigenvalue weighted by Crippen LogP contribution is 2.24. The van der Waals surface area contributed by atoms with E-state index in [1.54, 1.807) is 0 Å². The molecule has 1 N–H and O–H groups in total. The van der Waals surface area contributed by atoms with Crippen molar-refractivity contribution in [3.05, 3.63) is 34.3 Å². The zero-order valence-corrected chi connectivity index (χ0v) is 8.01. The van der Waals surface area contributed by atoms with Gasteiger partial charge in [0.25, 0.3) is 0 Å². The van der Waals surface area contributed by atoms with Crippen molar-refractivity contribution in [3.63, 3.8) is 0 Å². The Labute approximate surface area is 75.2 Å². The minimum absolute atomic E-state index is 0.342. The summed E-state index contributed by atoms with van der Waals surface area (Å²) in [4.78, 5) is 0. The first-order valence-electron chi connectivity index (χ1n) is 3.68. The predicted molar refractivity (Wildman–Crippen MR) is 49.4 cm³/mol. The van der Waals surface area contributed by atoms with Crippen LogP contribution in [0.25, 0.3) is 0 Å². The summed E-state index contributed by atoms with van der Waals surface area (Å²) in [5.41, 5.74) is 0.968. The maximum Gasteiger partial charge on any atom is 0.0798 e. The zero-order chi connectivity index (χ0) is 8.27. The lowest BCUT2D eigenvalue weighted by atomic mass is 10.1. The van der Waals surface area contributed by atoms with Crippen LogP contribution in [-0.2, 0) is 0 Å². The van der Waals surface area contributed by atoms with E-state index in [-0.39, 0.29) is 6.10 Å². The summed E-state index contributed by atoms with van der Waals surface area (Å²) < 4.78 is 0.981. The molecule has 1 nitrogen and oxygen atoms in total. The molecule has 11 heavy (non-hydrogen) atoms. The number of rotatable bonds is 2. The first-order valence-corrected chi connectivity index (χ1v) is 4.47. The number of halogens is 1. The van der Waals surface area contributed by atoms with Crippen LogP contribution in [0.3, 0.4) is 0 Å². The van der Waals surface area contributed by atoms with E-state index in [9.17, 15) is 5.11 Å². The molecule has 0 aliphatic heterocycles. The summed E-state index contributed by atoms with van der Waals surface area (Å²) in [6.45, 7) is 1.96. The molecule has 0 spiro atoms. The molecule has 1 aromatic rings. The fraction of sp³-hybridized carbons (Fsp3) is 0.333. The fourth-order valence-electron chi connectivity index (χ4n) is 0.965.